The van der Waals surface area contributed by atoms with E-state index in [9.17, 15) is 0 Å². The molecule has 64 valence electrons. The summed E-state index contributed by atoms with van der Waals surface area (Å²) in [5.41, 5.74) is 0. The molecular formula is C8H12N4. The van der Waals surface area contributed by atoms with E-state index in [-0.39, 0.29) is 0 Å². The predicted octanol–water partition coefficient (Wildman–Crippen LogP) is 0.0585. The highest BCUT2D eigenvalue weighted by atomic mass is 15.3. The molecule has 4 nitrogen and oxygen atoms in total. The number of piperidine rings is 1. The van der Waals surface area contributed by atoms with Gasteiger partial charge in [0.05, 0.1) is 6.04 Å². The molecule has 0 bridgehead atoms. The van der Waals surface area contributed by atoms with Crippen molar-refractivity contribution < 1.29 is 0 Å². The molecule has 1 saturated heterocycles. The Morgan fingerprint density at radius 3 is 2.92 bits per heavy atom. The predicted molar refractivity (Wildman–Crippen MR) is 43.5 cm³/mol. The largest absolute Gasteiger partial charge is 0.316 e. The Hall–Kier alpha value is -0.900. The first kappa shape index (κ1) is 6.60. The fourth-order valence-corrected chi connectivity index (χ4v) is 2.25. The number of hydrogen-bond donors (Lipinski definition) is 1. The lowest BCUT2D eigenvalue weighted by molar-refractivity contribution is 0.349. The van der Waals surface area contributed by atoms with Crippen LogP contribution in [0, 0.1) is 11.8 Å². The van der Waals surface area contributed by atoms with E-state index in [0.717, 1.165) is 18.4 Å². The molecular weight excluding hydrogens is 152 g/mol. The maximum Gasteiger partial charge on any atom is 0.119 e. The van der Waals surface area contributed by atoms with Gasteiger partial charge in [-0.2, -0.15) is 0 Å². The number of rotatable bonds is 1. The molecule has 2 heterocycles. The Morgan fingerprint density at radius 1 is 1.25 bits per heavy atom. The van der Waals surface area contributed by atoms with Crippen molar-refractivity contribution in [2.75, 3.05) is 13.1 Å². The second-order valence-electron chi connectivity index (χ2n) is 3.79. The van der Waals surface area contributed by atoms with Gasteiger partial charge in [-0.1, -0.05) is 0 Å². The second kappa shape index (κ2) is 2.29. The normalized spacial score (nSPS) is 39.2. The minimum absolute atomic E-state index is 0.610. The summed E-state index contributed by atoms with van der Waals surface area (Å²) in [4.78, 5) is 0. The van der Waals surface area contributed by atoms with Crippen LogP contribution in [0.1, 0.15) is 12.5 Å². The number of nitrogens with zero attached hydrogens (tertiary/aromatic N) is 3. The zero-order chi connectivity index (χ0) is 7.97. The summed E-state index contributed by atoms with van der Waals surface area (Å²) in [7, 11) is 0. The minimum atomic E-state index is 0.610. The molecule has 1 saturated carbocycles. The average Bonchev–Trinajstić information content (AvgIpc) is 2.70. The zero-order valence-electron chi connectivity index (χ0n) is 6.85. The lowest BCUT2D eigenvalue weighted by atomic mass is 10.1. The molecule has 3 rings (SSSR count). The molecule has 0 amide bonds. The van der Waals surface area contributed by atoms with Crippen molar-refractivity contribution in [2.24, 2.45) is 11.8 Å². The van der Waals surface area contributed by atoms with Crippen molar-refractivity contribution in [1.29, 1.82) is 0 Å². The number of fused-ring (bicyclic) bond motifs is 1. The highest BCUT2D eigenvalue weighted by Crippen LogP contribution is 2.47. The zero-order valence-corrected chi connectivity index (χ0v) is 6.85. The molecule has 3 unspecified atom stereocenters. The van der Waals surface area contributed by atoms with Gasteiger partial charge in [0, 0.05) is 6.54 Å². The summed E-state index contributed by atoms with van der Waals surface area (Å²) in [6.45, 7) is 2.29. The van der Waals surface area contributed by atoms with E-state index in [1.54, 1.807) is 0 Å². The molecule has 1 aliphatic carbocycles. The third-order valence-electron chi connectivity index (χ3n) is 3.05. The molecule has 12 heavy (non-hydrogen) atoms. The van der Waals surface area contributed by atoms with Gasteiger partial charge in [0.1, 0.15) is 12.7 Å². The van der Waals surface area contributed by atoms with Gasteiger partial charge in [0.2, 0.25) is 0 Å². The fourth-order valence-electron chi connectivity index (χ4n) is 2.25. The summed E-state index contributed by atoms with van der Waals surface area (Å²) in [6.07, 6.45) is 5.04. The highest BCUT2D eigenvalue weighted by molar-refractivity contribution is 5.00. The molecule has 2 fully saturated rings. The maximum absolute atomic E-state index is 3.84. The maximum atomic E-state index is 3.84. The Labute approximate surface area is 71.0 Å². The molecule has 2 aliphatic rings. The van der Waals surface area contributed by atoms with Crippen LogP contribution in [0.25, 0.3) is 0 Å². The molecule has 1 aromatic heterocycles. The van der Waals surface area contributed by atoms with Crippen LogP contribution in [-0.2, 0) is 0 Å². The monoisotopic (exact) mass is 164 g/mol. The van der Waals surface area contributed by atoms with Gasteiger partial charge in [-0.3, -0.25) is 0 Å². The minimum Gasteiger partial charge on any atom is -0.316 e. The van der Waals surface area contributed by atoms with Gasteiger partial charge in [-0.05, 0) is 24.8 Å². The molecule has 1 N–H and O–H groups in total. The number of nitrogens with one attached hydrogen (secondary N) is 1. The van der Waals surface area contributed by atoms with Crippen LogP contribution in [0.15, 0.2) is 12.7 Å². The van der Waals surface area contributed by atoms with Crippen LogP contribution < -0.4 is 5.32 Å². The van der Waals surface area contributed by atoms with Crippen molar-refractivity contribution >= 4 is 0 Å². The van der Waals surface area contributed by atoms with E-state index in [4.69, 9.17) is 0 Å². The summed E-state index contributed by atoms with van der Waals surface area (Å²) in [5, 5.41) is 11.1. The van der Waals surface area contributed by atoms with Crippen molar-refractivity contribution in [2.45, 2.75) is 12.5 Å². The van der Waals surface area contributed by atoms with Gasteiger partial charge in [0.15, 0.2) is 0 Å². The van der Waals surface area contributed by atoms with Crippen LogP contribution in [0.3, 0.4) is 0 Å². The summed E-state index contributed by atoms with van der Waals surface area (Å²) >= 11 is 0. The molecule has 4 heteroatoms. The SMILES string of the molecule is c1nncn1C1CNCC2CC21. The van der Waals surface area contributed by atoms with E-state index in [1.807, 2.05) is 12.7 Å². The smallest absolute Gasteiger partial charge is 0.119 e. The first-order valence-corrected chi connectivity index (χ1v) is 4.50. The van der Waals surface area contributed by atoms with Crippen molar-refractivity contribution in [3.63, 3.8) is 0 Å². The molecule has 3 atom stereocenters. The third kappa shape index (κ3) is 0.876. The number of aromatic nitrogens is 3. The van der Waals surface area contributed by atoms with Crippen molar-refractivity contribution in [3.05, 3.63) is 12.7 Å². The molecule has 1 aliphatic heterocycles. The molecule has 1 aromatic rings. The summed E-state index contributed by atoms with van der Waals surface area (Å²) < 4.78 is 2.14. The standard InChI is InChI=1S/C8H12N4/c1-6-2-9-3-8(7(1)6)12-4-10-11-5-12/h4-9H,1-3H2. The molecule has 0 spiro atoms. The van der Waals surface area contributed by atoms with E-state index < -0.39 is 0 Å². The van der Waals surface area contributed by atoms with Crippen molar-refractivity contribution in [3.8, 4) is 0 Å². The highest BCUT2D eigenvalue weighted by Gasteiger charge is 2.45. The van der Waals surface area contributed by atoms with Crippen LogP contribution >= 0.6 is 0 Å². The molecule has 0 aromatic carbocycles. The Bertz CT molecular complexity index is 269. The summed E-state index contributed by atoms with van der Waals surface area (Å²) in [5.74, 6) is 1.81. The van der Waals surface area contributed by atoms with Gasteiger partial charge >= 0.3 is 0 Å². The topological polar surface area (TPSA) is 42.7 Å². The third-order valence-corrected chi connectivity index (χ3v) is 3.05. The number of hydrogen-bond acceptors (Lipinski definition) is 3. The van der Waals surface area contributed by atoms with Gasteiger partial charge < -0.3 is 9.88 Å². The van der Waals surface area contributed by atoms with E-state index >= 15 is 0 Å². The quantitative estimate of drug-likeness (QED) is 0.638. The Balaban J connectivity index is 1.84. The van der Waals surface area contributed by atoms with E-state index in [1.165, 1.54) is 13.0 Å². The van der Waals surface area contributed by atoms with Gasteiger partial charge in [-0.15, -0.1) is 10.2 Å². The van der Waals surface area contributed by atoms with Crippen LogP contribution in [-0.4, -0.2) is 27.9 Å². The Kier molecular flexibility index (Phi) is 1.26. The van der Waals surface area contributed by atoms with Crippen molar-refractivity contribution in [1.82, 2.24) is 20.1 Å². The van der Waals surface area contributed by atoms with Gasteiger partial charge in [0.25, 0.3) is 0 Å². The summed E-state index contributed by atoms with van der Waals surface area (Å²) in [6, 6.07) is 0.610. The van der Waals surface area contributed by atoms with Crippen LogP contribution in [0.5, 0.6) is 0 Å². The lowest BCUT2D eigenvalue weighted by Gasteiger charge is -2.22. The first-order chi connectivity index (χ1) is 5.95. The lowest BCUT2D eigenvalue weighted by Crippen LogP contribution is -2.33. The Morgan fingerprint density at radius 2 is 2.08 bits per heavy atom. The van der Waals surface area contributed by atoms with Gasteiger partial charge in [-0.25, -0.2) is 0 Å². The van der Waals surface area contributed by atoms with Crippen LogP contribution in [0.4, 0.5) is 0 Å². The fraction of sp³-hybridized carbons (Fsp3) is 0.750. The van der Waals surface area contributed by atoms with Crippen LogP contribution in [0.2, 0.25) is 0 Å². The average molecular weight is 164 g/mol. The van der Waals surface area contributed by atoms with E-state index in [2.05, 4.69) is 20.1 Å². The molecule has 0 radical (unpaired) electrons. The van der Waals surface area contributed by atoms with E-state index in [0.29, 0.717) is 6.04 Å². The second-order valence-corrected chi connectivity index (χ2v) is 3.79. The first-order valence-electron chi connectivity index (χ1n) is 4.50.